The lowest BCUT2D eigenvalue weighted by molar-refractivity contribution is -0.136. The minimum Gasteiger partial charge on any atom is -0.392 e. The van der Waals surface area contributed by atoms with Crippen molar-refractivity contribution in [3.63, 3.8) is 0 Å². The van der Waals surface area contributed by atoms with Crippen LogP contribution in [0.5, 0.6) is 0 Å². The summed E-state index contributed by atoms with van der Waals surface area (Å²) in [4.78, 5) is 35.6. The molecule has 43 heavy (non-hydrogen) atoms. The number of nitrogens with one attached hydrogen (secondary N) is 2. The number of carbonyl (C=O) groups is 2. The topological polar surface area (TPSA) is 125 Å². The molecule has 11 heteroatoms. The summed E-state index contributed by atoms with van der Waals surface area (Å²) in [5.74, 6) is -1.57. The Morgan fingerprint density at radius 3 is 2.51 bits per heavy atom. The molecule has 0 saturated heterocycles. The number of rotatable bonds is 11. The molecule has 1 fully saturated rings. The van der Waals surface area contributed by atoms with E-state index in [-0.39, 0.29) is 19.1 Å². The molecule has 2 aromatic carbocycles. The van der Waals surface area contributed by atoms with Crippen molar-refractivity contribution in [3.8, 4) is 0 Å². The molecule has 4 rings (SSSR count). The number of nitrogens with zero attached hydrogens (tertiary/aromatic N) is 1. The molecule has 0 radical (unpaired) electrons. The molecule has 2 aromatic rings. The Labute approximate surface area is 258 Å². The number of benzene rings is 2. The van der Waals surface area contributed by atoms with Crippen LogP contribution in [-0.2, 0) is 19.7 Å². The van der Waals surface area contributed by atoms with Crippen molar-refractivity contribution in [2.75, 3.05) is 19.5 Å². The van der Waals surface area contributed by atoms with Gasteiger partial charge in [0.1, 0.15) is 0 Å². The highest BCUT2D eigenvalue weighted by Gasteiger charge is 2.49. The standard InChI is InChI=1S/C32H38ClN3O6S/c1-4-22(19-37)14-13-21(2)20-42-34-31(38)29-25-9-5-6-10-26(25)32(39)36(30(29)23-15-17-24(33)18-16-23)28-12-8-7-11-27(28)35-43(3,40)41/h4-6,9-10,13-18,27-30,35,37H,1,7-8,11-12,19-20H2,2-3H3,(H,34,38)/b21-13+,22-14+/t27-,28-,29+,30-/m0/s1. The van der Waals surface area contributed by atoms with Gasteiger partial charge < -0.3 is 10.0 Å². The fraction of sp³-hybridized carbons (Fsp3) is 0.375. The molecule has 2 amide bonds. The molecule has 2 aliphatic rings. The third-order valence-electron chi connectivity index (χ3n) is 7.82. The van der Waals surface area contributed by atoms with E-state index < -0.39 is 40.0 Å². The first-order chi connectivity index (χ1) is 20.5. The van der Waals surface area contributed by atoms with Crippen molar-refractivity contribution in [1.29, 1.82) is 0 Å². The lowest BCUT2D eigenvalue weighted by Gasteiger charge is -2.49. The maximum atomic E-state index is 14.2. The lowest BCUT2D eigenvalue weighted by Crippen LogP contribution is -2.59. The van der Waals surface area contributed by atoms with Gasteiger partial charge in [0, 0.05) is 22.7 Å². The number of hydroxylamine groups is 1. The van der Waals surface area contributed by atoms with Crippen LogP contribution in [0, 0.1) is 0 Å². The summed E-state index contributed by atoms with van der Waals surface area (Å²) in [5.41, 5.74) is 5.67. The third-order valence-corrected chi connectivity index (χ3v) is 8.80. The minimum absolute atomic E-state index is 0.0870. The van der Waals surface area contributed by atoms with Crippen LogP contribution >= 0.6 is 11.6 Å². The van der Waals surface area contributed by atoms with E-state index in [9.17, 15) is 23.1 Å². The van der Waals surface area contributed by atoms with Crippen LogP contribution in [0.2, 0.25) is 5.02 Å². The summed E-state index contributed by atoms with van der Waals surface area (Å²) < 4.78 is 27.4. The fourth-order valence-corrected chi connectivity index (χ4v) is 6.79. The Balaban J connectivity index is 1.74. The second-order valence-electron chi connectivity index (χ2n) is 11.0. The highest BCUT2D eigenvalue weighted by Crippen LogP contribution is 2.46. The summed E-state index contributed by atoms with van der Waals surface area (Å²) in [5, 5.41) is 9.83. The van der Waals surface area contributed by atoms with Crippen molar-refractivity contribution in [3.05, 3.63) is 106 Å². The third kappa shape index (κ3) is 8.01. The number of hydrogen-bond donors (Lipinski definition) is 3. The van der Waals surface area contributed by atoms with Crippen LogP contribution in [0.1, 0.15) is 66.1 Å². The summed E-state index contributed by atoms with van der Waals surface area (Å²) >= 11 is 6.22. The minimum atomic E-state index is -3.56. The number of fused-ring (bicyclic) bond motifs is 1. The van der Waals surface area contributed by atoms with E-state index >= 15 is 0 Å². The highest BCUT2D eigenvalue weighted by molar-refractivity contribution is 7.88. The van der Waals surface area contributed by atoms with E-state index in [2.05, 4.69) is 16.8 Å². The van der Waals surface area contributed by atoms with Crippen LogP contribution in [0.25, 0.3) is 0 Å². The van der Waals surface area contributed by atoms with Gasteiger partial charge in [-0.25, -0.2) is 18.6 Å². The van der Waals surface area contributed by atoms with Gasteiger partial charge in [0.25, 0.3) is 11.8 Å². The number of aliphatic hydroxyl groups excluding tert-OH is 1. The van der Waals surface area contributed by atoms with Crippen molar-refractivity contribution in [2.24, 2.45) is 0 Å². The Hall–Kier alpha value is -3.28. The molecule has 230 valence electrons. The number of allylic oxidation sites excluding steroid dienone is 2. The van der Waals surface area contributed by atoms with Crippen molar-refractivity contribution >= 4 is 33.4 Å². The van der Waals surface area contributed by atoms with E-state index in [1.54, 1.807) is 71.7 Å². The summed E-state index contributed by atoms with van der Waals surface area (Å²) in [6.45, 7) is 5.42. The summed E-state index contributed by atoms with van der Waals surface area (Å²) in [6.07, 6.45) is 8.94. The van der Waals surface area contributed by atoms with Gasteiger partial charge in [0.15, 0.2) is 0 Å². The van der Waals surface area contributed by atoms with Gasteiger partial charge in [-0.05, 0) is 60.2 Å². The number of aliphatic hydroxyl groups is 1. The van der Waals surface area contributed by atoms with Crippen LogP contribution in [-0.4, -0.2) is 61.8 Å². The number of halogens is 1. The largest absolute Gasteiger partial charge is 0.392 e. The predicted molar refractivity (Wildman–Crippen MR) is 167 cm³/mol. The Morgan fingerprint density at radius 1 is 1.14 bits per heavy atom. The van der Waals surface area contributed by atoms with Gasteiger partial charge in [0.2, 0.25) is 10.0 Å². The summed E-state index contributed by atoms with van der Waals surface area (Å²) in [7, 11) is -3.56. The van der Waals surface area contributed by atoms with Gasteiger partial charge in [-0.3, -0.25) is 14.4 Å². The molecule has 0 aromatic heterocycles. The summed E-state index contributed by atoms with van der Waals surface area (Å²) in [6, 6.07) is 12.3. The van der Waals surface area contributed by atoms with Crippen LogP contribution in [0.4, 0.5) is 0 Å². The first kappa shape index (κ1) is 32.6. The molecule has 1 saturated carbocycles. The number of hydrogen-bond acceptors (Lipinski definition) is 6. The molecule has 4 atom stereocenters. The molecule has 3 N–H and O–H groups in total. The van der Waals surface area contributed by atoms with Crippen molar-refractivity contribution in [2.45, 2.75) is 56.7 Å². The molecule has 1 aliphatic heterocycles. The number of carbonyl (C=O) groups excluding carboxylic acids is 2. The van der Waals surface area contributed by atoms with Crippen molar-refractivity contribution in [1.82, 2.24) is 15.1 Å². The monoisotopic (exact) mass is 627 g/mol. The van der Waals surface area contributed by atoms with Crippen LogP contribution in [0.15, 0.2) is 84.5 Å². The van der Waals surface area contributed by atoms with E-state index in [1.807, 2.05) is 6.92 Å². The molecular weight excluding hydrogens is 590 g/mol. The predicted octanol–water partition coefficient (Wildman–Crippen LogP) is 4.58. The number of amides is 2. The van der Waals surface area contributed by atoms with Crippen LogP contribution in [0.3, 0.4) is 0 Å². The second kappa shape index (κ2) is 14.5. The van der Waals surface area contributed by atoms with Gasteiger partial charge >= 0.3 is 0 Å². The first-order valence-electron chi connectivity index (χ1n) is 14.2. The molecule has 0 spiro atoms. The quantitative estimate of drug-likeness (QED) is 0.247. The molecule has 1 aliphatic carbocycles. The highest BCUT2D eigenvalue weighted by atomic mass is 35.5. The average molecular weight is 628 g/mol. The van der Waals surface area contributed by atoms with E-state index in [4.69, 9.17) is 16.4 Å². The Morgan fingerprint density at radius 2 is 1.84 bits per heavy atom. The smallest absolute Gasteiger partial charge is 0.255 e. The second-order valence-corrected chi connectivity index (χ2v) is 13.2. The molecule has 1 heterocycles. The maximum Gasteiger partial charge on any atom is 0.255 e. The van der Waals surface area contributed by atoms with Crippen LogP contribution < -0.4 is 10.2 Å². The van der Waals surface area contributed by atoms with Gasteiger partial charge in [0.05, 0.1) is 31.4 Å². The fourth-order valence-electron chi connectivity index (χ4n) is 5.84. The Kier molecular flexibility index (Phi) is 11.0. The van der Waals surface area contributed by atoms with Gasteiger partial charge in [-0.15, -0.1) is 0 Å². The maximum absolute atomic E-state index is 14.2. The van der Waals surface area contributed by atoms with E-state index in [0.29, 0.717) is 40.1 Å². The molecule has 0 bridgehead atoms. The SMILES string of the molecule is C=C/C(=C\C=C(/C)CONC(=O)[C@@H]1c2ccccc2C(=O)N([C@H]2CCCC[C@@H]2NS(C)(=O)=O)[C@H]1c1ccc(Cl)cc1)CO. The molecule has 9 nitrogen and oxygen atoms in total. The Bertz CT molecular complexity index is 1510. The normalized spacial score (nSPS) is 23.1. The lowest BCUT2D eigenvalue weighted by atomic mass is 9.76. The van der Waals surface area contributed by atoms with Gasteiger partial charge in [-0.1, -0.05) is 79.6 Å². The van der Waals surface area contributed by atoms with E-state index in [1.165, 1.54) is 0 Å². The van der Waals surface area contributed by atoms with E-state index in [0.717, 1.165) is 24.7 Å². The van der Waals surface area contributed by atoms with Crippen molar-refractivity contribution < 1.29 is 28.0 Å². The zero-order valence-electron chi connectivity index (χ0n) is 24.3. The molecule has 0 unspecified atom stereocenters. The molecular formula is C32H38ClN3O6S. The number of sulfonamides is 1. The zero-order valence-corrected chi connectivity index (χ0v) is 25.9. The first-order valence-corrected chi connectivity index (χ1v) is 16.5. The zero-order chi connectivity index (χ0) is 31.1. The van der Waals surface area contributed by atoms with Gasteiger partial charge in [-0.2, -0.15) is 0 Å². The average Bonchev–Trinajstić information content (AvgIpc) is 2.98.